The molecule has 0 atom stereocenters. The molecule has 2 nitrogen and oxygen atoms in total. The number of hydrogen-bond donors (Lipinski definition) is 0. The van der Waals surface area contributed by atoms with E-state index < -0.39 is 0 Å². The Morgan fingerprint density at radius 2 is 1.89 bits per heavy atom. The predicted octanol–water partition coefficient (Wildman–Crippen LogP) is 4.53. The van der Waals surface area contributed by atoms with E-state index in [2.05, 4.69) is 9.97 Å². The summed E-state index contributed by atoms with van der Waals surface area (Å²) in [5.41, 5.74) is 4.44. The molecule has 1 aromatic carbocycles. The molecule has 0 aliphatic carbocycles. The highest BCUT2D eigenvalue weighted by atomic mass is 35.5. The topological polar surface area (TPSA) is 25.8 Å². The number of fused-ring (bicyclic) bond motifs is 2. The molecule has 3 aromatic rings. The Hall–Kier alpha value is -1.38. The second-order valence-corrected chi connectivity index (χ2v) is 5.23. The lowest BCUT2D eigenvalue weighted by molar-refractivity contribution is 1.07. The summed E-state index contributed by atoms with van der Waals surface area (Å²) >= 11 is 12.3. The molecule has 0 amide bonds. The van der Waals surface area contributed by atoms with E-state index in [1.54, 1.807) is 0 Å². The van der Waals surface area contributed by atoms with Crippen LogP contribution in [0.1, 0.15) is 11.3 Å². The smallest absolute Gasteiger partial charge is 0.108 e. The van der Waals surface area contributed by atoms with Crippen LogP contribution in [0.25, 0.3) is 21.9 Å². The minimum atomic E-state index is 0.529. The number of alkyl halides is 1. The fraction of sp³-hybridized carbons (Fsp3) is 0.200. The number of halogens is 2. The number of pyridine rings is 2. The number of aromatic nitrogens is 2. The van der Waals surface area contributed by atoms with Gasteiger partial charge >= 0.3 is 0 Å². The highest BCUT2D eigenvalue weighted by Crippen LogP contribution is 2.29. The molecule has 19 heavy (non-hydrogen) atoms. The summed E-state index contributed by atoms with van der Waals surface area (Å²) in [5, 5.41) is 1.75. The summed E-state index contributed by atoms with van der Waals surface area (Å²) in [5.74, 6) is 0.529. The van der Waals surface area contributed by atoms with Gasteiger partial charge in [-0.15, -0.1) is 11.6 Å². The number of aryl methyl sites for hydroxylation is 1. The molecule has 3 rings (SSSR count). The Kier molecular flexibility index (Phi) is 3.29. The van der Waals surface area contributed by atoms with E-state index in [0.29, 0.717) is 17.3 Å². The third kappa shape index (κ3) is 2.15. The Morgan fingerprint density at radius 1 is 1.11 bits per heavy atom. The first kappa shape index (κ1) is 12.6. The van der Waals surface area contributed by atoms with Gasteiger partial charge in [-0.2, -0.15) is 0 Å². The van der Waals surface area contributed by atoms with Gasteiger partial charge in [0.1, 0.15) is 5.52 Å². The van der Waals surface area contributed by atoms with Gasteiger partial charge < -0.3 is 0 Å². The highest BCUT2D eigenvalue weighted by Gasteiger charge is 2.12. The standard InChI is InChI=1S/C15H12Cl2N2/c1-9-11(6-7-16)14(17)15-13(18-9)8-10-4-2-3-5-12(10)19-15/h2-5,8H,6-7H2,1H3. The van der Waals surface area contributed by atoms with E-state index in [9.17, 15) is 0 Å². The number of rotatable bonds is 2. The molecule has 0 saturated heterocycles. The van der Waals surface area contributed by atoms with Gasteiger partial charge in [-0.25, -0.2) is 4.98 Å². The SMILES string of the molecule is Cc1nc2cc3ccccc3nc2c(Cl)c1CCCl. The van der Waals surface area contributed by atoms with Crippen molar-refractivity contribution in [2.45, 2.75) is 13.3 Å². The van der Waals surface area contributed by atoms with Crippen molar-refractivity contribution in [3.63, 3.8) is 0 Å². The minimum absolute atomic E-state index is 0.529. The predicted molar refractivity (Wildman–Crippen MR) is 81.2 cm³/mol. The van der Waals surface area contributed by atoms with E-state index in [4.69, 9.17) is 23.2 Å². The summed E-state index contributed by atoms with van der Waals surface area (Å²) in [6.07, 6.45) is 0.712. The zero-order valence-corrected chi connectivity index (χ0v) is 12.0. The molecule has 0 N–H and O–H groups in total. The second kappa shape index (κ2) is 4.95. The van der Waals surface area contributed by atoms with Crippen LogP contribution < -0.4 is 0 Å². The summed E-state index contributed by atoms with van der Waals surface area (Å²) in [4.78, 5) is 9.22. The first-order valence-corrected chi connectivity index (χ1v) is 7.02. The third-order valence-electron chi connectivity index (χ3n) is 3.25. The van der Waals surface area contributed by atoms with Crippen molar-refractivity contribution in [1.82, 2.24) is 9.97 Å². The molecule has 0 spiro atoms. The fourth-order valence-corrected chi connectivity index (χ4v) is 2.85. The Morgan fingerprint density at radius 3 is 2.68 bits per heavy atom. The Bertz CT molecular complexity index is 769. The van der Waals surface area contributed by atoms with E-state index in [1.165, 1.54) is 0 Å². The molecule has 0 unspecified atom stereocenters. The molecule has 96 valence electrons. The average molecular weight is 291 g/mol. The maximum Gasteiger partial charge on any atom is 0.108 e. The lowest BCUT2D eigenvalue weighted by Gasteiger charge is -2.10. The molecule has 0 saturated carbocycles. The first-order chi connectivity index (χ1) is 9.20. The lowest BCUT2D eigenvalue weighted by atomic mass is 10.1. The van der Waals surface area contributed by atoms with Gasteiger partial charge in [0, 0.05) is 17.0 Å². The third-order valence-corrected chi connectivity index (χ3v) is 3.84. The summed E-state index contributed by atoms with van der Waals surface area (Å²) in [6.45, 7) is 1.96. The van der Waals surface area contributed by atoms with Crippen molar-refractivity contribution in [2.75, 3.05) is 5.88 Å². The maximum atomic E-state index is 6.46. The van der Waals surface area contributed by atoms with Crippen LogP contribution in [-0.4, -0.2) is 15.8 Å². The highest BCUT2D eigenvalue weighted by molar-refractivity contribution is 6.36. The van der Waals surface area contributed by atoms with Crippen LogP contribution in [0, 0.1) is 6.92 Å². The van der Waals surface area contributed by atoms with Crippen LogP contribution in [0.5, 0.6) is 0 Å². The van der Waals surface area contributed by atoms with Crippen LogP contribution >= 0.6 is 23.2 Å². The quantitative estimate of drug-likeness (QED) is 0.512. The largest absolute Gasteiger partial charge is 0.251 e. The van der Waals surface area contributed by atoms with Gasteiger partial charge in [0.05, 0.1) is 16.1 Å². The van der Waals surface area contributed by atoms with Crippen LogP contribution in [0.15, 0.2) is 30.3 Å². The van der Waals surface area contributed by atoms with E-state index >= 15 is 0 Å². The van der Waals surface area contributed by atoms with Crippen LogP contribution in [-0.2, 0) is 6.42 Å². The second-order valence-electron chi connectivity index (χ2n) is 4.48. The van der Waals surface area contributed by atoms with Crippen LogP contribution in [0.4, 0.5) is 0 Å². The number of benzene rings is 1. The minimum Gasteiger partial charge on any atom is -0.251 e. The zero-order valence-electron chi connectivity index (χ0n) is 10.5. The van der Waals surface area contributed by atoms with E-state index in [1.807, 2.05) is 37.3 Å². The molecule has 0 radical (unpaired) electrons. The fourth-order valence-electron chi connectivity index (χ4n) is 2.29. The van der Waals surface area contributed by atoms with Gasteiger partial charge in [-0.05, 0) is 31.0 Å². The van der Waals surface area contributed by atoms with Gasteiger partial charge in [0.25, 0.3) is 0 Å². The van der Waals surface area contributed by atoms with Crippen molar-refractivity contribution in [3.8, 4) is 0 Å². The van der Waals surface area contributed by atoms with E-state index in [-0.39, 0.29) is 0 Å². The van der Waals surface area contributed by atoms with Gasteiger partial charge in [-0.1, -0.05) is 29.8 Å². The summed E-state index contributed by atoms with van der Waals surface area (Å²) < 4.78 is 0. The van der Waals surface area contributed by atoms with Crippen molar-refractivity contribution in [3.05, 3.63) is 46.6 Å². The number of nitrogens with zero attached hydrogens (tertiary/aromatic N) is 2. The van der Waals surface area contributed by atoms with Crippen molar-refractivity contribution < 1.29 is 0 Å². The van der Waals surface area contributed by atoms with Crippen LogP contribution in [0.3, 0.4) is 0 Å². The molecule has 0 aliphatic heterocycles. The molecule has 4 heteroatoms. The Balaban J connectivity index is 2.38. The summed E-state index contributed by atoms with van der Waals surface area (Å²) in [7, 11) is 0. The van der Waals surface area contributed by atoms with Crippen molar-refractivity contribution in [1.29, 1.82) is 0 Å². The lowest BCUT2D eigenvalue weighted by Crippen LogP contribution is -1.98. The molecular formula is C15H12Cl2N2. The van der Waals surface area contributed by atoms with Crippen molar-refractivity contribution in [2.24, 2.45) is 0 Å². The molecular weight excluding hydrogens is 279 g/mol. The molecule has 2 aromatic heterocycles. The summed E-state index contributed by atoms with van der Waals surface area (Å²) in [6, 6.07) is 10.00. The maximum absolute atomic E-state index is 6.46. The normalized spacial score (nSPS) is 11.3. The van der Waals surface area contributed by atoms with Gasteiger partial charge in [0.2, 0.25) is 0 Å². The monoisotopic (exact) mass is 290 g/mol. The molecule has 0 aliphatic rings. The average Bonchev–Trinajstić information content (AvgIpc) is 2.42. The molecule has 2 heterocycles. The molecule has 0 fully saturated rings. The van der Waals surface area contributed by atoms with Gasteiger partial charge in [-0.3, -0.25) is 4.98 Å². The number of hydrogen-bond acceptors (Lipinski definition) is 2. The molecule has 0 bridgehead atoms. The van der Waals surface area contributed by atoms with Gasteiger partial charge in [0.15, 0.2) is 0 Å². The Labute approximate surface area is 121 Å². The van der Waals surface area contributed by atoms with Crippen LogP contribution in [0.2, 0.25) is 5.02 Å². The van der Waals surface area contributed by atoms with E-state index in [0.717, 1.165) is 33.2 Å². The first-order valence-electron chi connectivity index (χ1n) is 6.11. The number of para-hydroxylation sites is 1. The zero-order chi connectivity index (χ0) is 13.4. The van der Waals surface area contributed by atoms with Crippen molar-refractivity contribution >= 4 is 45.1 Å².